The van der Waals surface area contributed by atoms with E-state index in [1.165, 1.54) is 6.07 Å². The zero-order valence-electron chi connectivity index (χ0n) is 7.75. The molecule has 3 heteroatoms. The maximum absolute atomic E-state index is 13.2. The lowest BCUT2D eigenvalue weighted by molar-refractivity contribution is 0.633. The third-order valence-corrected chi connectivity index (χ3v) is 3.05. The lowest BCUT2D eigenvalue weighted by Gasteiger charge is -2.05. The summed E-state index contributed by atoms with van der Waals surface area (Å²) in [4.78, 5) is 1.15. The van der Waals surface area contributed by atoms with Crippen LogP contribution >= 0.6 is 11.3 Å². The van der Waals surface area contributed by atoms with Gasteiger partial charge in [0.1, 0.15) is 5.82 Å². The van der Waals surface area contributed by atoms with Gasteiger partial charge in [-0.3, -0.25) is 0 Å². The molecule has 0 saturated carbocycles. The molecule has 0 saturated heterocycles. The second-order valence-electron chi connectivity index (χ2n) is 3.09. The Balaban J connectivity index is 2.63. The van der Waals surface area contributed by atoms with Gasteiger partial charge in [-0.15, -0.1) is 11.3 Å². The first-order valence-electron chi connectivity index (χ1n) is 4.28. The van der Waals surface area contributed by atoms with Crippen LogP contribution in [-0.4, -0.2) is 0 Å². The van der Waals surface area contributed by atoms with Gasteiger partial charge in [0.25, 0.3) is 0 Å². The molecule has 72 valence electrons. The molecule has 2 N–H and O–H groups in total. The zero-order valence-corrected chi connectivity index (χ0v) is 8.57. The summed E-state index contributed by atoms with van der Waals surface area (Å²) in [5.41, 5.74) is 7.70. The van der Waals surface area contributed by atoms with Crippen LogP contribution in [0, 0.1) is 12.7 Å². The molecule has 0 aliphatic heterocycles. The number of halogens is 1. The van der Waals surface area contributed by atoms with Gasteiger partial charge in [-0.05, 0) is 30.0 Å². The van der Waals surface area contributed by atoms with Crippen molar-refractivity contribution in [3.63, 3.8) is 0 Å². The molecule has 1 aromatic carbocycles. The predicted octanol–water partition coefficient (Wildman–Crippen LogP) is 3.44. The summed E-state index contributed by atoms with van der Waals surface area (Å²) in [7, 11) is 0. The Morgan fingerprint density at radius 1 is 1.21 bits per heavy atom. The van der Waals surface area contributed by atoms with E-state index in [9.17, 15) is 4.39 Å². The second kappa shape index (κ2) is 3.42. The molecule has 0 unspecified atom stereocenters. The summed E-state index contributed by atoms with van der Waals surface area (Å²) in [5.74, 6) is -0.354. The van der Waals surface area contributed by atoms with Gasteiger partial charge in [0.2, 0.25) is 0 Å². The summed E-state index contributed by atoms with van der Waals surface area (Å²) in [6.45, 7) is 2.00. The van der Waals surface area contributed by atoms with Gasteiger partial charge in [-0.25, -0.2) is 4.39 Å². The number of nitrogen functional groups attached to an aromatic ring is 1. The highest BCUT2D eigenvalue weighted by molar-refractivity contribution is 7.10. The van der Waals surface area contributed by atoms with Crippen molar-refractivity contribution < 1.29 is 4.39 Å². The van der Waals surface area contributed by atoms with Crippen LogP contribution in [0.25, 0.3) is 11.1 Å². The van der Waals surface area contributed by atoms with E-state index < -0.39 is 0 Å². The Morgan fingerprint density at radius 3 is 2.64 bits per heavy atom. The molecule has 0 atom stereocenters. The standard InChI is InChI=1S/C11H10FNS/c1-7-8(5-6-14-7)9-3-2-4-10(12)11(9)13/h2-6H,13H2,1H3. The molecule has 0 aliphatic rings. The van der Waals surface area contributed by atoms with Gasteiger partial charge < -0.3 is 5.73 Å². The number of hydrogen-bond donors (Lipinski definition) is 1. The largest absolute Gasteiger partial charge is 0.396 e. The molecule has 14 heavy (non-hydrogen) atoms. The highest BCUT2D eigenvalue weighted by Gasteiger charge is 2.09. The normalized spacial score (nSPS) is 10.4. The maximum atomic E-state index is 13.2. The summed E-state index contributed by atoms with van der Waals surface area (Å²) in [6.07, 6.45) is 0. The van der Waals surface area contributed by atoms with Crippen molar-refractivity contribution >= 4 is 17.0 Å². The van der Waals surface area contributed by atoms with E-state index in [2.05, 4.69) is 0 Å². The molecule has 0 bridgehead atoms. The quantitative estimate of drug-likeness (QED) is 0.712. The summed E-state index contributed by atoms with van der Waals surface area (Å²) >= 11 is 1.64. The first-order valence-corrected chi connectivity index (χ1v) is 5.16. The third-order valence-electron chi connectivity index (χ3n) is 2.20. The smallest absolute Gasteiger partial charge is 0.146 e. The van der Waals surface area contributed by atoms with Crippen molar-refractivity contribution in [3.05, 3.63) is 40.3 Å². The Hall–Kier alpha value is -1.35. The van der Waals surface area contributed by atoms with Crippen molar-refractivity contribution in [2.45, 2.75) is 6.92 Å². The topological polar surface area (TPSA) is 26.0 Å². The molecule has 1 nitrogen and oxygen atoms in total. The minimum Gasteiger partial charge on any atom is -0.396 e. The number of para-hydroxylation sites is 1. The molecule has 0 aliphatic carbocycles. The van der Waals surface area contributed by atoms with E-state index >= 15 is 0 Å². The van der Waals surface area contributed by atoms with Crippen LogP contribution < -0.4 is 5.73 Å². The number of thiophene rings is 1. The molecule has 0 spiro atoms. The molecule has 1 heterocycles. The van der Waals surface area contributed by atoms with Gasteiger partial charge in [-0.2, -0.15) is 0 Å². The predicted molar refractivity (Wildman–Crippen MR) is 58.9 cm³/mol. The number of benzene rings is 1. The molecular weight excluding hydrogens is 197 g/mol. The van der Waals surface area contributed by atoms with Crippen molar-refractivity contribution in [1.82, 2.24) is 0 Å². The van der Waals surface area contributed by atoms with Crippen molar-refractivity contribution in [1.29, 1.82) is 0 Å². The fraction of sp³-hybridized carbons (Fsp3) is 0.0909. The molecular formula is C11H10FNS. The van der Waals surface area contributed by atoms with E-state index in [1.807, 2.05) is 24.4 Å². The second-order valence-corrected chi connectivity index (χ2v) is 4.21. The number of aryl methyl sites for hydroxylation is 1. The number of hydrogen-bond acceptors (Lipinski definition) is 2. The van der Waals surface area contributed by atoms with Crippen LogP contribution in [-0.2, 0) is 0 Å². The monoisotopic (exact) mass is 207 g/mol. The van der Waals surface area contributed by atoms with Crippen LogP contribution in [0.3, 0.4) is 0 Å². The Kier molecular flexibility index (Phi) is 2.25. The summed E-state index contributed by atoms with van der Waals surface area (Å²) in [5, 5.41) is 1.98. The average molecular weight is 207 g/mol. The van der Waals surface area contributed by atoms with Crippen LogP contribution in [0.4, 0.5) is 10.1 Å². The number of nitrogens with two attached hydrogens (primary N) is 1. The van der Waals surface area contributed by atoms with E-state index in [4.69, 9.17) is 5.73 Å². The SMILES string of the molecule is Cc1sccc1-c1cccc(F)c1N. The van der Waals surface area contributed by atoms with Gasteiger partial charge in [0.15, 0.2) is 0 Å². The fourth-order valence-electron chi connectivity index (χ4n) is 1.44. The van der Waals surface area contributed by atoms with Gasteiger partial charge in [0.05, 0.1) is 5.69 Å². The molecule has 2 aromatic rings. The minimum absolute atomic E-state index is 0.231. The minimum atomic E-state index is -0.354. The number of anilines is 1. The fourth-order valence-corrected chi connectivity index (χ4v) is 2.15. The van der Waals surface area contributed by atoms with Gasteiger partial charge >= 0.3 is 0 Å². The highest BCUT2D eigenvalue weighted by Crippen LogP contribution is 2.32. The van der Waals surface area contributed by atoms with Crippen LogP contribution in [0.15, 0.2) is 29.6 Å². The molecule has 2 rings (SSSR count). The van der Waals surface area contributed by atoms with E-state index in [-0.39, 0.29) is 11.5 Å². The lowest BCUT2D eigenvalue weighted by atomic mass is 10.1. The van der Waals surface area contributed by atoms with Crippen LogP contribution in [0.2, 0.25) is 0 Å². The first-order chi connectivity index (χ1) is 6.70. The van der Waals surface area contributed by atoms with Crippen molar-refractivity contribution in [2.75, 3.05) is 5.73 Å². The highest BCUT2D eigenvalue weighted by atomic mass is 32.1. The summed E-state index contributed by atoms with van der Waals surface area (Å²) in [6, 6.07) is 6.86. The average Bonchev–Trinajstić information content (AvgIpc) is 2.57. The third kappa shape index (κ3) is 1.40. The van der Waals surface area contributed by atoms with Gasteiger partial charge in [-0.1, -0.05) is 12.1 Å². The first kappa shape index (κ1) is 9.21. The van der Waals surface area contributed by atoms with E-state index in [1.54, 1.807) is 17.4 Å². The molecule has 0 amide bonds. The summed E-state index contributed by atoms with van der Waals surface area (Å²) < 4.78 is 13.2. The van der Waals surface area contributed by atoms with Gasteiger partial charge in [0, 0.05) is 10.4 Å². The van der Waals surface area contributed by atoms with Crippen LogP contribution in [0.5, 0.6) is 0 Å². The number of rotatable bonds is 1. The Morgan fingerprint density at radius 2 is 2.00 bits per heavy atom. The maximum Gasteiger partial charge on any atom is 0.146 e. The lowest BCUT2D eigenvalue weighted by Crippen LogP contribution is -1.93. The van der Waals surface area contributed by atoms with E-state index in [0.717, 1.165) is 16.0 Å². The molecule has 1 aromatic heterocycles. The zero-order chi connectivity index (χ0) is 10.1. The molecule has 0 radical (unpaired) electrons. The van der Waals surface area contributed by atoms with Crippen LogP contribution in [0.1, 0.15) is 4.88 Å². The van der Waals surface area contributed by atoms with E-state index in [0.29, 0.717) is 0 Å². The van der Waals surface area contributed by atoms with Crippen molar-refractivity contribution in [2.24, 2.45) is 0 Å². The van der Waals surface area contributed by atoms with Crippen molar-refractivity contribution in [3.8, 4) is 11.1 Å². The Labute approximate surface area is 86.0 Å². The Bertz CT molecular complexity index is 462. The molecule has 0 fully saturated rings.